The fourth-order valence-corrected chi connectivity index (χ4v) is 5.78. The molecule has 1 atom stereocenters. The molecule has 4 rings (SSSR count). The Kier molecular flexibility index (Phi) is 6.12. The van der Waals surface area contributed by atoms with Crippen molar-refractivity contribution in [2.75, 3.05) is 9.62 Å². The molecule has 0 fully saturated rings. The van der Waals surface area contributed by atoms with E-state index < -0.39 is 27.7 Å². The Morgan fingerprint density at radius 1 is 1.06 bits per heavy atom. The average molecular weight is 509 g/mol. The molecule has 1 aliphatic heterocycles. The Morgan fingerprint density at radius 2 is 1.74 bits per heavy atom. The van der Waals surface area contributed by atoms with Crippen LogP contribution in [0.1, 0.15) is 34.0 Å². The van der Waals surface area contributed by atoms with E-state index >= 15 is 0 Å². The van der Waals surface area contributed by atoms with Gasteiger partial charge in [-0.2, -0.15) is 13.2 Å². The standard InChI is InChI=1S/C24H20ClF3N2O3S/c1-14-3-7-19(8-4-14)34(32,33)30-15(2)11-17-12-16(5-10-22(17)30)23(31)29-21-13-18(24(26,27)28)6-9-20(21)25/h3-10,12-13,15H,11H2,1-2H3,(H,29,31)/t15-/m0/s1. The minimum Gasteiger partial charge on any atom is -0.321 e. The van der Waals surface area contributed by atoms with Crippen LogP contribution in [0.3, 0.4) is 0 Å². The van der Waals surface area contributed by atoms with Gasteiger partial charge >= 0.3 is 6.18 Å². The van der Waals surface area contributed by atoms with E-state index in [1.54, 1.807) is 37.3 Å². The molecule has 1 heterocycles. The quantitative estimate of drug-likeness (QED) is 0.466. The van der Waals surface area contributed by atoms with Crippen LogP contribution in [0, 0.1) is 6.92 Å². The predicted octanol–water partition coefficient (Wildman–Crippen LogP) is 6.06. The molecule has 3 aromatic rings. The molecule has 1 amide bonds. The number of sulfonamides is 1. The number of hydrogen-bond donors (Lipinski definition) is 1. The first-order valence-corrected chi connectivity index (χ1v) is 12.1. The first-order chi connectivity index (χ1) is 15.9. The van der Waals surface area contributed by atoms with E-state index in [0.29, 0.717) is 17.7 Å². The molecule has 0 aromatic heterocycles. The number of aryl methyl sites for hydroxylation is 1. The summed E-state index contributed by atoms with van der Waals surface area (Å²) in [4.78, 5) is 12.9. The third-order valence-electron chi connectivity index (χ3n) is 5.61. The lowest BCUT2D eigenvalue weighted by molar-refractivity contribution is -0.137. The summed E-state index contributed by atoms with van der Waals surface area (Å²) in [6, 6.07) is 13.4. The maximum atomic E-state index is 13.3. The number of nitrogens with one attached hydrogen (secondary N) is 1. The fourth-order valence-electron chi connectivity index (χ4n) is 3.93. The van der Waals surface area contributed by atoms with Gasteiger partial charge in [-0.05, 0) is 74.4 Å². The zero-order chi connectivity index (χ0) is 24.8. The number of alkyl halides is 3. The van der Waals surface area contributed by atoms with E-state index in [1.165, 1.54) is 16.4 Å². The molecule has 1 aliphatic rings. The number of rotatable bonds is 4. The van der Waals surface area contributed by atoms with Crippen molar-refractivity contribution in [2.45, 2.75) is 37.4 Å². The summed E-state index contributed by atoms with van der Waals surface area (Å²) in [6.07, 6.45) is -4.20. The third kappa shape index (κ3) is 4.50. The van der Waals surface area contributed by atoms with Gasteiger partial charge < -0.3 is 5.32 Å². The molecule has 178 valence electrons. The highest BCUT2D eigenvalue weighted by Gasteiger charge is 2.36. The highest BCUT2D eigenvalue weighted by Crippen LogP contribution is 2.38. The number of amides is 1. The summed E-state index contributed by atoms with van der Waals surface area (Å²) in [6.45, 7) is 3.64. The average Bonchev–Trinajstić information content (AvgIpc) is 3.10. The van der Waals surface area contributed by atoms with Gasteiger partial charge in [0.05, 0.1) is 26.9 Å². The van der Waals surface area contributed by atoms with E-state index in [0.717, 1.165) is 23.8 Å². The number of nitrogens with zero attached hydrogens (tertiary/aromatic N) is 1. The van der Waals surface area contributed by atoms with Gasteiger partial charge in [0.1, 0.15) is 0 Å². The van der Waals surface area contributed by atoms with E-state index in [9.17, 15) is 26.4 Å². The lowest BCUT2D eigenvalue weighted by Gasteiger charge is -2.24. The maximum Gasteiger partial charge on any atom is 0.416 e. The number of halogens is 4. The molecule has 10 heteroatoms. The van der Waals surface area contributed by atoms with E-state index in [-0.39, 0.29) is 27.2 Å². The van der Waals surface area contributed by atoms with Crippen molar-refractivity contribution in [3.8, 4) is 0 Å². The first kappa shape index (κ1) is 24.1. The van der Waals surface area contributed by atoms with Gasteiger partial charge in [0, 0.05) is 11.6 Å². The molecule has 0 spiro atoms. The second kappa shape index (κ2) is 8.63. The Hall–Kier alpha value is -3.04. The molecule has 1 N–H and O–H groups in total. The summed E-state index contributed by atoms with van der Waals surface area (Å²) >= 11 is 5.97. The van der Waals surface area contributed by atoms with Crippen LogP contribution in [0.4, 0.5) is 24.5 Å². The second-order valence-electron chi connectivity index (χ2n) is 8.16. The van der Waals surface area contributed by atoms with Gasteiger partial charge in [-0.1, -0.05) is 29.3 Å². The summed E-state index contributed by atoms with van der Waals surface area (Å²) < 4.78 is 66.9. The number of fused-ring (bicyclic) bond motifs is 1. The normalized spacial score (nSPS) is 15.8. The molecule has 0 aliphatic carbocycles. The summed E-state index contributed by atoms with van der Waals surface area (Å²) in [7, 11) is -3.82. The molecule has 5 nitrogen and oxygen atoms in total. The monoisotopic (exact) mass is 508 g/mol. The number of carbonyl (C=O) groups is 1. The van der Waals surface area contributed by atoms with E-state index in [1.807, 2.05) is 6.92 Å². The summed E-state index contributed by atoms with van der Waals surface area (Å²) in [5, 5.41) is 2.38. The topological polar surface area (TPSA) is 66.5 Å². The Bertz CT molecular complexity index is 1370. The molecule has 3 aromatic carbocycles. The minimum absolute atomic E-state index is 0.0356. The molecule has 0 saturated carbocycles. The van der Waals surface area contributed by atoms with Crippen LogP contribution in [-0.2, 0) is 22.6 Å². The number of anilines is 2. The van der Waals surface area contributed by atoms with Crippen molar-refractivity contribution in [1.29, 1.82) is 0 Å². The number of hydrogen-bond acceptors (Lipinski definition) is 3. The number of benzene rings is 3. The highest BCUT2D eigenvalue weighted by atomic mass is 35.5. The maximum absolute atomic E-state index is 13.3. The van der Waals surface area contributed by atoms with Crippen LogP contribution in [0.15, 0.2) is 65.6 Å². The van der Waals surface area contributed by atoms with Crippen LogP contribution in [-0.4, -0.2) is 20.4 Å². The highest BCUT2D eigenvalue weighted by molar-refractivity contribution is 7.92. The smallest absolute Gasteiger partial charge is 0.321 e. The zero-order valence-corrected chi connectivity index (χ0v) is 19.7. The second-order valence-corrected chi connectivity index (χ2v) is 10.4. The van der Waals surface area contributed by atoms with Crippen LogP contribution in [0.2, 0.25) is 5.02 Å². The van der Waals surface area contributed by atoms with Crippen molar-refractivity contribution in [3.05, 3.63) is 87.9 Å². The Balaban J connectivity index is 1.62. The van der Waals surface area contributed by atoms with Gasteiger partial charge in [-0.25, -0.2) is 8.42 Å². The third-order valence-corrected chi connectivity index (χ3v) is 7.89. The van der Waals surface area contributed by atoms with Crippen molar-refractivity contribution >= 4 is 38.9 Å². The molecule has 0 unspecified atom stereocenters. The molecule has 34 heavy (non-hydrogen) atoms. The molecule has 0 radical (unpaired) electrons. The summed E-state index contributed by atoms with van der Waals surface area (Å²) in [5.74, 6) is -0.656. The lowest BCUT2D eigenvalue weighted by Crippen LogP contribution is -2.35. The molecule has 0 saturated heterocycles. The minimum atomic E-state index is -4.58. The van der Waals surface area contributed by atoms with Crippen molar-refractivity contribution < 1.29 is 26.4 Å². The lowest BCUT2D eigenvalue weighted by atomic mass is 10.1. The van der Waals surface area contributed by atoms with Gasteiger partial charge in [0.25, 0.3) is 15.9 Å². The van der Waals surface area contributed by atoms with Crippen molar-refractivity contribution in [1.82, 2.24) is 0 Å². The fraction of sp³-hybridized carbons (Fsp3) is 0.208. The Morgan fingerprint density at radius 3 is 2.38 bits per heavy atom. The molecular formula is C24H20ClF3N2O3S. The van der Waals surface area contributed by atoms with Crippen LogP contribution < -0.4 is 9.62 Å². The van der Waals surface area contributed by atoms with Crippen LogP contribution in [0.5, 0.6) is 0 Å². The predicted molar refractivity (Wildman–Crippen MR) is 125 cm³/mol. The largest absolute Gasteiger partial charge is 0.416 e. The van der Waals surface area contributed by atoms with E-state index in [4.69, 9.17) is 11.6 Å². The van der Waals surface area contributed by atoms with Gasteiger partial charge in [-0.3, -0.25) is 9.10 Å². The van der Waals surface area contributed by atoms with Gasteiger partial charge in [0.2, 0.25) is 0 Å². The van der Waals surface area contributed by atoms with Crippen LogP contribution >= 0.6 is 11.6 Å². The summed E-state index contributed by atoms with van der Waals surface area (Å²) in [5.41, 5.74) is 1.11. The van der Waals surface area contributed by atoms with Crippen molar-refractivity contribution in [3.63, 3.8) is 0 Å². The van der Waals surface area contributed by atoms with Crippen molar-refractivity contribution in [2.24, 2.45) is 0 Å². The molecular weight excluding hydrogens is 489 g/mol. The van der Waals surface area contributed by atoms with Gasteiger partial charge in [-0.15, -0.1) is 0 Å². The zero-order valence-electron chi connectivity index (χ0n) is 18.2. The first-order valence-electron chi connectivity index (χ1n) is 10.3. The van der Waals surface area contributed by atoms with Crippen LogP contribution in [0.25, 0.3) is 0 Å². The van der Waals surface area contributed by atoms with E-state index in [2.05, 4.69) is 5.32 Å². The van der Waals surface area contributed by atoms with Gasteiger partial charge in [0.15, 0.2) is 0 Å². The Labute approximate surface area is 200 Å². The SMILES string of the molecule is Cc1ccc(S(=O)(=O)N2c3ccc(C(=O)Nc4cc(C(F)(F)F)ccc4Cl)cc3C[C@@H]2C)cc1. The molecule has 0 bridgehead atoms. The number of carbonyl (C=O) groups excluding carboxylic acids is 1.